The van der Waals surface area contributed by atoms with Gasteiger partial charge in [-0.3, -0.25) is 4.79 Å². The minimum Gasteiger partial charge on any atom is -0.325 e. The first kappa shape index (κ1) is 24.1. The van der Waals surface area contributed by atoms with Crippen LogP contribution in [-0.4, -0.2) is 25.9 Å². The van der Waals surface area contributed by atoms with Crippen LogP contribution in [-0.2, 0) is 17.1 Å². The Kier molecular flexibility index (Phi) is 8.59. The van der Waals surface area contributed by atoms with Crippen LogP contribution in [0.4, 0.5) is 5.69 Å². The number of allylic oxidation sites excluding steroid dienone is 1. The van der Waals surface area contributed by atoms with Crippen molar-refractivity contribution in [3.8, 4) is 0 Å². The molecule has 0 saturated heterocycles. The van der Waals surface area contributed by atoms with Crippen molar-refractivity contribution in [2.75, 3.05) is 5.32 Å². The Morgan fingerprint density at radius 3 is 2.53 bits per heavy atom. The minimum absolute atomic E-state index is 0.0236. The Hall–Kier alpha value is -2.51. The second-order valence-electron chi connectivity index (χ2n) is 7.70. The molecule has 0 bridgehead atoms. The van der Waals surface area contributed by atoms with Crippen LogP contribution in [0.5, 0.6) is 0 Å². The van der Waals surface area contributed by atoms with E-state index in [4.69, 9.17) is 0 Å². The van der Waals surface area contributed by atoms with E-state index in [9.17, 15) is 4.79 Å². The first-order chi connectivity index (χ1) is 15.4. The molecule has 0 spiro atoms. The number of hydrogen-bond donors (Lipinski definition) is 1. The average molecular weight is 467 g/mol. The lowest BCUT2D eigenvalue weighted by atomic mass is 10.1. The van der Waals surface area contributed by atoms with E-state index in [1.54, 1.807) is 11.8 Å². The van der Waals surface area contributed by atoms with Gasteiger partial charge in [0.25, 0.3) is 0 Å². The van der Waals surface area contributed by atoms with Gasteiger partial charge in [-0.2, -0.15) is 0 Å². The van der Waals surface area contributed by atoms with Crippen LogP contribution in [0.2, 0.25) is 0 Å². The molecule has 7 heteroatoms. The molecule has 3 rings (SSSR count). The normalized spacial score (nSPS) is 11.9. The number of carbonyl (C=O) groups is 1. The third-order valence-electron chi connectivity index (χ3n) is 5.18. The number of thioether (sulfide) groups is 2. The molecule has 0 aliphatic carbocycles. The van der Waals surface area contributed by atoms with Crippen molar-refractivity contribution in [3.63, 3.8) is 0 Å². The first-order valence-electron chi connectivity index (χ1n) is 10.7. The number of anilines is 1. The van der Waals surface area contributed by atoms with Crippen LogP contribution in [0.3, 0.4) is 0 Å². The van der Waals surface area contributed by atoms with Gasteiger partial charge in [-0.25, -0.2) is 0 Å². The van der Waals surface area contributed by atoms with E-state index in [2.05, 4.69) is 60.2 Å². The van der Waals surface area contributed by atoms with Crippen LogP contribution >= 0.6 is 23.5 Å². The van der Waals surface area contributed by atoms with E-state index in [1.165, 1.54) is 27.8 Å². The average Bonchev–Trinajstić information content (AvgIpc) is 3.15. The zero-order chi connectivity index (χ0) is 23.1. The number of hydrogen-bond acceptors (Lipinski definition) is 5. The smallest absolute Gasteiger partial charge is 0.237 e. The lowest BCUT2D eigenvalue weighted by Gasteiger charge is -2.16. The molecule has 0 aliphatic heterocycles. The molecular formula is C25H30N4OS2. The summed E-state index contributed by atoms with van der Waals surface area (Å²) < 4.78 is 2.05. The molecule has 1 amide bonds. The molecule has 1 heterocycles. The summed E-state index contributed by atoms with van der Waals surface area (Å²) >= 11 is 3.18. The predicted molar refractivity (Wildman–Crippen MR) is 135 cm³/mol. The zero-order valence-electron chi connectivity index (χ0n) is 19.1. The fourth-order valence-corrected chi connectivity index (χ4v) is 4.92. The van der Waals surface area contributed by atoms with Crippen LogP contribution in [0.1, 0.15) is 35.9 Å². The summed E-state index contributed by atoms with van der Waals surface area (Å²) in [7, 11) is 0. The molecule has 5 nitrogen and oxygen atoms in total. The molecule has 1 atom stereocenters. The number of benzene rings is 2. The Morgan fingerprint density at radius 1 is 1.12 bits per heavy atom. The van der Waals surface area contributed by atoms with E-state index in [0.717, 1.165) is 22.2 Å². The third-order valence-corrected chi connectivity index (χ3v) is 7.53. The first-order valence-corrected chi connectivity index (χ1v) is 12.5. The van der Waals surface area contributed by atoms with Gasteiger partial charge in [0.05, 0.1) is 11.0 Å². The molecule has 1 unspecified atom stereocenters. The summed E-state index contributed by atoms with van der Waals surface area (Å²) in [6.45, 7) is 12.7. The van der Waals surface area contributed by atoms with E-state index in [-0.39, 0.29) is 11.2 Å². The van der Waals surface area contributed by atoms with Crippen molar-refractivity contribution < 1.29 is 4.79 Å². The van der Waals surface area contributed by atoms with Crippen LogP contribution < -0.4 is 5.32 Å². The van der Waals surface area contributed by atoms with E-state index in [1.807, 2.05) is 42.7 Å². The highest BCUT2D eigenvalue weighted by Crippen LogP contribution is 2.29. The van der Waals surface area contributed by atoms with Crippen molar-refractivity contribution in [2.45, 2.75) is 61.7 Å². The fraction of sp³-hybridized carbons (Fsp3) is 0.320. The molecule has 0 fully saturated rings. The summed E-state index contributed by atoms with van der Waals surface area (Å²) in [5.41, 5.74) is 4.43. The maximum absolute atomic E-state index is 12.9. The predicted octanol–water partition coefficient (Wildman–Crippen LogP) is 6.19. The van der Waals surface area contributed by atoms with Crippen LogP contribution in [0.15, 0.2) is 65.2 Å². The second-order valence-corrected chi connectivity index (χ2v) is 9.92. The molecule has 0 radical (unpaired) electrons. The van der Waals surface area contributed by atoms with Crippen molar-refractivity contribution in [1.29, 1.82) is 0 Å². The summed E-state index contributed by atoms with van der Waals surface area (Å²) in [6.07, 6.45) is 2.53. The second kappa shape index (κ2) is 11.4. The van der Waals surface area contributed by atoms with Crippen molar-refractivity contribution in [1.82, 2.24) is 14.8 Å². The van der Waals surface area contributed by atoms with Crippen molar-refractivity contribution in [2.24, 2.45) is 0 Å². The topological polar surface area (TPSA) is 59.8 Å². The van der Waals surface area contributed by atoms with E-state index >= 15 is 0 Å². The highest BCUT2D eigenvalue weighted by molar-refractivity contribution is 8.00. The summed E-state index contributed by atoms with van der Waals surface area (Å²) in [4.78, 5) is 14.1. The van der Waals surface area contributed by atoms with Gasteiger partial charge >= 0.3 is 0 Å². The van der Waals surface area contributed by atoms with Crippen molar-refractivity contribution >= 4 is 35.1 Å². The monoisotopic (exact) mass is 466 g/mol. The standard InChI is InChI=1S/C25H30N4OS2/c1-6-14-29-23(16-31-21-12-8-17(3)9-13-21)27-28-25(29)32-22(7-2)24(30)26-20-11-10-18(4)19(5)15-20/h6,8-13,15,22H,1,7,14,16H2,2-5H3,(H,26,30). The van der Waals surface area contributed by atoms with E-state index in [0.29, 0.717) is 18.7 Å². The summed E-state index contributed by atoms with van der Waals surface area (Å²) in [6, 6.07) is 14.4. The van der Waals surface area contributed by atoms with Crippen LogP contribution in [0, 0.1) is 20.8 Å². The largest absolute Gasteiger partial charge is 0.325 e. The summed E-state index contributed by atoms with van der Waals surface area (Å²) in [5, 5.41) is 12.3. The summed E-state index contributed by atoms with van der Waals surface area (Å²) in [5.74, 6) is 1.56. The molecular weight excluding hydrogens is 436 g/mol. The molecule has 2 aromatic carbocycles. The molecule has 1 aromatic heterocycles. The Labute approximate surface area is 199 Å². The zero-order valence-corrected chi connectivity index (χ0v) is 20.7. The number of carbonyl (C=O) groups excluding carboxylic acids is 1. The molecule has 32 heavy (non-hydrogen) atoms. The number of aryl methyl sites for hydroxylation is 3. The van der Waals surface area contributed by atoms with Gasteiger partial charge in [0.15, 0.2) is 5.16 Å². The fourth-order valence-electron chi connectivity index (χ4n) is 3.10. The maximum Gasteiger partial charge on any atom is 0.237 e. The van der Waals surface area contributed by atoms with Crippen molar-refractivity contribution in [3.05, 3.63) is 77.6 Å². The Bertz CT molecular complexity index is 1080. The highest BCUT2D eigenvalue weighted by Gasteiger charge is 2.22. The quantitative estimate of drug-likeness (QED) is 0.285. The third kappa shape index (κ3) is 6.26. The molecule has 1 N–H and O–H groups in total. The molecule has 168 valence electrons. The number of aromatic nitrogens is 3. The highest BCUT2D eigenvalue weighted by atomic mass is 32.2. The van der Waals surface area contributed by atoms with Gasteiger partial charge in [-0.05, 0) is 62.6 Å². The van der Waals surface area contributed by atoms with E-state index < -0.39 is 0 Å². The van der Waals surface area contributed by atoms with Gasteiger partial charge in [-0.1, -0.05) is 48.5 Å². The van der Waals surface area contributed by atoms with Gasteiger partial charge in [0.1, 0.15) is 5.82 Å². The number of rotatable bonds is 10. The number of amides is 1. The lowest BCUT2D eigenvalue weighted by Crippen LogP contribution is -2.25. The Morgan fingerprint density at radius 2 is 1.88 bits per heavy atom. The molecule has 0 aliphatic rings. The number of nitrogens with one attached hydrogen (secondary N) is 1. The Balaban J connectivity index is 1.70. The van der Waals surface area contributed by atoms with Crippen LogP contribution in [0.25, 0.3) is 0 Å². The number of nitrogens with zero attached hydrogens (tertiary/aromatic N) is 3. The van der Waals surface area contributed by atoms with Gasteiger partial charge in [0.2, 0.25) is 5.91 Å². The lowest BCUT2D eigenvalue weighted by molar-refractivity contribution is -0.115. The van der Waals surface area contributed by atoms with Gasteiger partial charge in [0, 0.05) is 17.1 Å². The molecule has 0 saturated carbocycles. The minimum atomic E-state index is -0.262. The van der Waals surface area contributed by atoms with Gasteiger partial charge < -0.3 is 9.88 Å². The molecule has 3 aromatic rings. The maximum atomic E-state index is 12.9. The van der Waals surface area contributed by atoms with Gasteiger partial charge in [-0.15, -0.1) is 28.5 Å². The SMILES string of the molecule is C=CCn1c(CSc2ccc(C)cc2)nnc1SC(CC)C(=O)Nc1ccc(C)c(C)c1.